The highest BCUT2D eigenvalue weighted by atomic mass is 32.3. The number of aromatic nitrogens is 1. The molecule has 9 heteroatoms. The molecule has 2 aromatic rings. The first-order valence-corrected chi connectivity index (χ1v) is 11.4. The number of piperidine rings is 1. The molecule has 0 saturated carbocycles. The highest BCUT2D eigenvalue weighted by molar-refractivity contribution is 7.79. The van der Waals surface area contributed by atoms with E-state index in [1.165, 1.54) is 23.6 Å². The first kappa shape index (κ1) is 21.0. The van der Waals surface area contributed by atoms with Gasteiger partial charge in [-0.05, 0) is 36.8 Å². The molecule has 4 atom stereocenters. The van der Waals surface area contributed by atoms with E-state index in [9.17, 15) is 4.79 Å². The topological polar surface area (TPSA) is 120 Å². The fraction of sp³-hybridized carbons (Fsp3) is 0.476. The summed E-state index contributed by atoms with van der Waals surface area (Å²) in [5.74, 6) is 0.345. The van der Waals surface area contributed by atoms with E-state index in [1.807, 2.05) is 0 Å². The Morgan fingerprint density at radius 2 is 2.03 bits per heavy atom. The van der Waals surface area contributed by atoms with Crippen molar-refractivity contribution in [2.45, 2.75) is 37.6 Å². The quantitative estimate of drug-likeness (QED) is 0.377. The summed E-state index contributed by atoms with van der Waals surface area (Å²) in [5.41, 5.74) is 4.36. The number of carbonyl (C=O) groups excluding carboxylic acids is 1. The van der Waals surface area contributed by atoms with Gasteiger partial charge in [-0.15, -0.1) is 0 Å². The lowest BCUT2D eigenvalue weighted by Gasteiger charge is -2.53. The molecule has 4 aliphatic rings. The number of hydrogen-bond acceptors (Lipinski definition) is 5. The van der Waals surface area contributed by atoms with Crippen LogP contribution in [0.1, 0.15) is 31.0 Å². The van der Waals surface area contributed by atoms with Crippen LogP contribution < -0.4 is 0 Å². The van der Waals surface area contributed by atoms with Gasteiger partial charge < -0.3 is 9.72 Å². The van der Waals surface area contributed by atoms with Crippen LogP contribution in [0.25, 0.3) is 10.9 Å². The van der Waals surface area contributed by atoms with Crippen molar-refractivity contribution < 1.29 is 27.1 Å². The van der Waals surface area contributed by atoms with Crippen LogP contribution in [0.4, 0.5) is 0 Å². The Morgan fingerprint density at radius 1 is 1.33 bits per heavy atom. The SMILES string of the molecule is CCC1=CC2CN3CCc4c([nH]c5ccccc45)[C@@](C(=O)OC)(C2)[C@@H]13.O=S(=O)(O)O. The molecule has 1 fully saturated rings. The van der Waals surface area contributed by atoms with Crippen LogP contribution in [0.3, 0.4) is 0 Å². The molecule has 1 saturated heterocycles. The second-order valence-electron chi connectivity index (χ2n) is 8.14. The van der Waals surface area contributed by atoms with Gasteiger partial charge in [0.2, 0.25) is 0 Å². The zero-order valence-corrected chi connectivity index (χ0v) is 17.8. The maximum absolute atomic E-state index is 13.2. The second-order valence-corrected chi connectivity index (χ2v) is 9.04. The summed E-state index contributed by atoms with van der Waals surface area (Å²) in [6.07, 6.45) is 5.25. The maximum atomic E-state index is 13.2. The van der Waals surface area contributed by atoms with E-state index in [0.717, 1.165) is 43.6 Å². The Bertz CT molecular complexity index is 1110. The summed E-state index contributed by atoms with van der Waals surface area (Å²) in [6.45, 7) is 4.28. The Balaban J connectivity index is 0.000000393. The van der Waals surface area contributed by atoms with Crippen LogP contribution in [-0.2, 0) is 31.8 Å². The number of nitrogens with one attached hydrogen (secondary N) is 1. The Labute approximate surface area is 175 Å². The van der Waals surface area contributed by atoms with E-state index in [-0.39, 0.29) is 12.0 Å². The zero-order chi connectivity index (χ0) is 21.7. The number of rotatable bonds is 2. The molecule has 0 radical (unpaired) electrons. The number of ether oxygens (including phenoxy) is 1. The third-order valence-electron chi connectivity index (χ3n) is 6.55. The molecule has 1 aliphatic carbocycles. The summed E-state index contributed by atoms with van der Waals surface area (Å²) >= 11 is 0. The fourth-order valence-corrected chi connectivity index (χ4v) is 5.71. The second kappa shape index (κ2) is 7.49. The van der Waals surface area contributed by atoms with Crippen LogP contribution >= 0.6 is 0 Å². The first-order chi connectivity index (χ1) is 14.2. The van der Waals surface area contributed by atoms with Gasteiger partial charge in [-0.25, -0.2) is 0 Å². The molecule has 1 aromatic heterocycles. The standard InChI is InChI=1S/C21H24N2O2.H2O4S/c1-3-14-10-13-11-21(20(24)25-2)18-16(8-9-23(12-13)19(14)21)15-6-4-5-7-17(15)22-18;1-5(2,3)4/h4-7,10,13,19,22H,3,8-9,11-12H2,1-2H3;(H2,1,2,3,4)/t13?,19-,21+;/m1./s1. The van der Waals surface area contributed by atoms with E-state index in [0.29, 0.717) is 5.92 Å². The van der Waals surface area contributed by atoms with Crippen molar-refractivity contribution in [3.8, 4) is 0 Å². The number of hydrogen-bond donors (Lipinski definition) is 3. The van der Waals surface area contributed by atoms with Crippen LogP contribution in [0.15, 0.2) is 35.9 Å². The maximum Gasteiger partial charge on any atom is 0.394 e. The van der Waals surface area contributed by atoms with Crippen molar-refractivity contribution in [1.29, 1.82) is 0 Å². The minimum absolute atomic E-state index is 0.0824. The molecule has 4 heterocycles. The molecule has 162 valence electrons. The van der Waals surface area contributed by atoms with Crippen molar-refractivity contribution in [2.75, 3.05) is 20.2 Å². The summed E-state index contributed by atoms with van der Waals surface area (Å²) in [7, 11) is -3.13. The van der Waals surface area contributed by atoms with Gasteiger partial charge in [0.15, 0.2) is 0 Å². The van der Waals surface area contributed by atoms with Crippen molar-refractivity contribution in [3.63, 3.8) is 0 Å². The normalized spacial score (nSPS) is 29.3. The zero-order valence-electron chi connectivity index (χ0n) is 17.0. The molecule has 2 unspecified atom stereocenters. The number of fused-ring (bicyclic) bond motifs is 3. The Hall–Kier alpha value is -2.20. The number of H-pyrrole nitrogens is 1. The van der Waals surface area contributed by atoms with Gasteiger partial charge in [-0.2, -0.15) is 8.42 Å². The van der Waals surface area contributed by atoms with Gasteiger partial charge >= 0.3 is 16.4 Å². The molecular weight excluding hydrogens is 408 g/mol. The largest absolute Gasteiger partial charge is 0.468 e. The molecule has 3 aliphatic heterocycles. The van der Waals surface area contributed by atoms with Crippen LogP contribution in [0.2, 0.25) is 0 Å². The number of methoxy groups -OCH3 is 1. The van der Waals surface area contributed by atoms with Gasteiger partial charge in [-0.1, -0.05) is 36.8 Å². The van der Waals surface area contributed by atoms with Gasteiger partial charge in [0.05, 0.1) is 13.2 Å². The van der Waals surface area contributed by atoms with Crippen LogP contribution in [0, 0.1) is 5.92 Å². The summed E-state index contributed by atoms with van der Waals surface area (Å²) < 4.78 is 37.0. The lowest BCUT2D eigenvalue weighted by molar-refractivity contribution is -0.154. The van der Waals surface area contributed by atoms with E-state index < -0.39 is 15.8 Å². The summed E-state index contributed by atoms with van der Waals surface area (Å²) in [6, 6.07) is 8.56. The number of aromatic amines is 1. The fourth-order valence-electron chi connectivity index (χ4n) is 5.71. The number of nitrogens with zero attached hydrogens (tertiary/aromatic N) is 1. The number of carbonyl (C=O) groups is 1. The highest BCUT2D eigenvalue weighted by Crippen LogP contribution is 2.53. The average Bonchev–Trinajstić information content (AvgIpc) is 3.04. The van der Waals surface area contributed by atoms with E-state index in [2.05, 4.69) is 47.1 Å². The third-order valence-corrected chi connectivity index (χ3v) is 6.55. The number of esters is 1. The van der Waals surface area contributed by atoms with Gasteiger partial charge in [0.1, 0.15) is 5.41 Å². The van der Waals surface area contributed by atoms with E-state index in [1.54, 1.807) is 0 Å². The van der Waals surface area contributed by atoms with Crippen LogP contribution in [-0.4, -0.2) is 59.6 Å². The van der Waals surface area contributed by atoms with Crippen molar-refractivity contribution >= 4 is 27.3 Å². The minimum Gasteiger partial charge on any atom is -0.468 e. The molecule has 6 rings (SSSR count). The summed E-state index contributed by atoms with van der Waals surface area (Å²) in [4.78, 5) is 19.4. The van der Waals surface area contributed by atoms with Crippen molar-refractivity contribution in [3.05, 3.63) is 47.2 Å². The lowest BCUT2D eigenvalue weighted by Crippen LogP contribution is -2.63. The number of para-hydroxylation sites is 1. The average molecular weight is 435 g/mol. The molecular formula is C21H26N2O6S. The van der Waals surface area contributed by atoms with E-state index >= 15 is 0 Å². The van der Waals surface area contributed by atoms with Crippen molar-refractivity contribution in [1.82, 2.24) is 9.88 Å². The first-order valence-electron chi connectivity index (χ1n) is 10.0. The molecule has 4 bridgehead atoms. The molecule has 3 N–H and O–H groups in total. The van der Waals surface area contributed by atoms with Gasteiger partial charge in [0, 0.05) is 29.7 Å². The summed E-state index contributed by atoms with van der Waals surface area (Å²) in [5, 5.41) is 1.26. The van der Waals surface area contributed by atoms with E-state index in [4.69, 9.17) is 22.3 Å². The predicted octanol–water partition coefficient (Wildman–Crippen LogP) is 2.52. The monoisotopic (exact) mass is 434 g/mol. The molecule has 8 nitrogen and oxygen atoms in total. The van der Waals surface area contributed by atoms with Crippen LogP contribution in [0.5, 0.6) is 0 Å². The minimum atomic E-state index is -4.67. The van der Waals surface area contributed by atoms with Gasteiger partial charge in [0.25, 0.3) is 0 Å². The Morgan fingerprint density at radius 3 is 2.70 bits per heavy atom. The molecule has 0 amide bonds. The molecule has 1 aromatic carbocycles. The third kappa shape index (κ3) is 3.35. The Kier molecular flexibility index (Phi) is 5.26. The van der Waals surface area contributed by atoms with Gasteiger partial charge in [-0.3, -0.25) is 18.8 Å². The van der Waals surface area contributed by atoms with Crippen molar-refractivity contribution in [2.24, 2.45) is 5.92 Å². The highest BCUT2D eigenvalue weighted by Gasteiger charge is 2.60. The smallest absolute Gasteiger partial charge is 0.394 e. The molecule has 0 spiro atoms. The number of benzene rings is 1. The lowest BCUT2D eigenvalue weighted by atomic mass is 9.60. The molecule has 30 heavy (non-hydrogen) atoms. The predicted molar refractivity (Wildman–Crippen MR) is 112 cm³/mol.